The van der Waals surface area contributed by atoms with Gasteiger partial charge < -0.3 is 15.2 Å². The second kappa shape index (κ2) is 6.02. The van der Waals surface area contributed by atoms with Gasteiger partial charge in [-0.2, -0.15) is 0 Å². The van der Waals surface area contributed by atoms with Crippen molar-refractivity contribution in [2.24, 2.45) is 11.7 Å². The van der Waals surface area contributed by atoms with Crippen molar-refractivity contribution in [2.45, 2.75) is 63.0 Å². The minimum absolute atomic E-state index is 0.128. The molecule has 0 aromatic rings. The Morgan fingerprint density at radius 1 is 1.28 bits per heavy atom. The third kappa shape index (κ3) is 3.23. The highest BCUT2D eigenvalue weighted by atomic mass is 16.5. The van der Waals surface area contributed by atoms with E-state index in [0.717, 1.165) is 25.4 Å². The van der Waals surface area contributed by atoms with Crippen LogP contribution in [0.1, 0.15) is 51.4 Å². The molecular weight excluding hydrogens is 230 g/mol. The van der Waals surface area contributed by atoms with Crippen LogP contribution in [0.5, 0.6) is 0 Å². The van der Waals surface area contributed by atoms with Gasteiger partial charge in [-0.1, -0.05) is 12.8 Å². The van der Waals surface area contributed by atoms with Crippen molar-refractivity contribution in [3.63, 3.8) is 0 Å². The zero-order valence-electron chi connectivity index (χ0n) is 11.3. The lowest BCUT2D eigenvalue weighted by Crippen LogP contribution is -2.53. The minimum atomic E-state index is -0.826. The van der Waals surface area contributed by atoms with Gasteiger partial charge in [0, 0.05) is 13.0 Å². The monoisotopic (exact) mass is 255 g/mol. The average molecular weight is 255 g/mol. The maximum Gasteiger partial charge on any atom is 0.325 e. The molecule has 2 rings (SSSR count). The Labute approximate surface area is 109 Å². The van der Waals surface area contributed by atoms with E-state index in [1.165, 1.54) is 32.8 Å². The van der Waals surface area contributed by atoms with Crippen molar-refractivity contribution in [1.82, 2.24) is 0 Å². The highest BCUT2D eigenvalue weighted by molar-refractivity contribution is 5.80. The number of carbonyl (C=O) groups excluding carboxylic acids is 1. The normalized spacial score (nSPS) is 33.6. The van der Waals surface area contributed by atoms with E-state index in [1.807, 2.05) is 0 Å². The van der Waals surface area contributed by atoms with E-state index >= 15 is 0 Å². The van der Waals surface area contributed by atoms with E-state index < -0.39 is 5.54 Å². The van der Waals surface area contributed by atoms with E-state index in [-0.39, 0.29) is 12.1 Å². The van der Waals surface area contributed by atoms with Crippen molar-refractivity contribution < 1.29 is 14.3 Å². The number of esters is 1. The van der Waals surface area contributed by atoms with Crippen LogP contribution in [0.2, 0.25) is 0 Å². The summed E-state index contributed by atoms with van der Waals surface area (Å²) in [7, 11) is 1.40. The topological polar surface area (TPSA) is 61.5 Å². The van der Waals surface area contributed by atoms with Crippen molar-refractivity contribution in [1.29, 1.82) is 0 Å². The fourth-order valence-corrected chi connectivity index (χ4v) is 3.24. The van der Waals surface area contributed by atoms with Crippen LogP contribution in [0, 0.1) is 5.92 Å². The van der Waals surface area contributed by atoms with Crippen LogP contribution in [-0.2, 0) is 14.3 Å². The molecule has 2 aliphatic carbocycles. The summed E-state index contributed by atoms with van der Waals surface area (Å²) in [5, 5.41) is 0. The number of carbonyl (C=O) groups is 1. The number of nitrogens with two attached hydrogens (primary N) is 1. The minimum Gasteiger partial charge on any atom is -0.468 e. The molecule has 2 unspecified atom stereocenters. The van der Waals surface area contributed by atoms with Crippen LogP contribution < -0.4 is 5.73 Å². The summed E-state index contributed by atoms with van der Waals surface area (Å²) in [5.74, 6) is 0.425. The molecule has 4 nitrogen and oxygen atoms in total. The maximum atomic E-state index is 11.7. The molecule has 2 N–H and O–H groups in total. The summed E-state index contributed by atoms with van der Waals surface area (Å²) in [5.41, 5.74) is 5.31. The van der Waals surface area contributed by atoms with Crippen molar-refractivity contribution >= 4 is 5.97 Å². The first kappa shape index (κ1) is 13.8. The van der Waals surface area contributed by atoms with Crippen molar-refractivity contribution in [2.75, 3.05) is 13.7 Å². The molecule has 2 aliphatic rings. The average Bonchev–Trinajstić information content (AvgIpc) is 2.88. The van der Waals surface area contributed by atoms with E-state index in [9.17, 15) is 4.79 Å². The summed E-state index contributed by atoms with van der Waals surface area (Å²) in [6.45, 7) is 0.835. The number of hydrogen-bond donors (Lipinski definition) is 1. The van der Waals surface area contributed by atoms with Gasteiger partial charge in [0.2, 0.25) is 0 Å². The lowest BCUT2D eigenvalue weighted by molar-refractivity contribution is -0.150. The van der Waals surface area contributed by atoms with Crippen LogP contribution in [0.15, 0.2) is 0 Å². The summed E-state index contributed by atoms with van der Waals surface area (Å²) in [4.78, 5) is 11.7. The molecule has 0 spiro atoms. The zero-order chi connectivity index (χ0) is 13.0. The van der Waals surface area contributed by atoms with Crippen LogP contribution in [-0.4, -0.2) is 31.3 Å². The summed E-state index contributed by atoms with van der Waals surface area (Å²) < 4.78 is 10.8. The molecular formula is C14H25NO3. The van der Waals surface area contributed by atoms with Crippen LogP contribution in [0.3, 0.4) is 0 Å². The fourth-order valence-electron chi connectivity index (χ4n) is 3.24. The van der Waals surface area contributed by atoms with E-state index in [0.29, 0.717) is 12.8 Å². The third-order valence-corrected chi connectivity index (χ3v) is 4.38. The molecule has 2 saturated carbocycles. The first-order valence-corrected chi connectivity index (χ1v) is 7.13. The number of methoxy groups -OCH3 is 1. The summed E-state index contributed by atoms with van der Waals surface area (Å²) >= 11 is 0. The van der Waals surface area contributed by atoms with Gasteiger partial charge in [0.05, 0.1) is 13.2 Å². The zero-order valence-corrected chi connectivity index (χ0v) is 11.3. The molecule has 0 bridgehead atoms. The molecule has 2 atom stereocenters. The molecule has 0 aromatic carbocycles. The lowest BCUT2D eigenvalue weighted by atomic mass is 9.81. The highest BCUT2D eigenvalue weighted by Crippen LogP contribution is 2.31. The summed E-state index contributed by atoms with van der Waals surface area (Å²) in [6, 6.07) is 0. The van der Waals surface area contributed by atoms with Gasteiger partial charge in [0.25, 0.3) is 0 Å². The van der Waals surface area contributed by atoms with Gasteiger partial charge in [0.1, 0.15) is 5.54 Å². The molecule has 4 heteroatoms. The van der Waals surface area contributed by atoms with Gasteiger partial charge >= 0.3 is 5.97 Å². The smallest absolute Gasteiger partial charge is 0.325 e. The predicted molar refractivity (Wildman–Crippen MR) is 69.1 cm³/mol. The van der Waals surface area contributed by atoms with Gasteiger partial charge in [-0.3, -0.25) is 4.79 Å². The number of rotatable bonds is 4. The molecule has 104 valence electrons. The molecule has 0 aromatic heterocycles. The first-order valence-electron chi connectivity index (χ1n) is 7.13. The van der Waals surface area contributed by atoms with Crippen LogP contribution >= 0.6 is 0 Å². The molecule has 0 saturated heterocycles. The molecule has 18 heavy (non-hydrogen) atoms. The first-order chi connectivity index (χ1) is 8.64. The van der Waals surface area contributed by atoms with Crippen LogP contribution in [0.4, 0.5) is 0 Å². The quantitative estimate of drug-likeness (QED) is 0.781. The van der Waals surface area contributed by atoms with E-state index in [2.05, 4.69) is 0 Å². The Kier molecular flexibility index (Phi) is 4.62. The molecule has 0 aliphatic heterocycles. The van der Waals surface area contributed by atoms with Gasteiger partial charge in [-0.15, -0.1) is 0 Å². The highest BCUT2D eigenvalue weighted by Gasteiger charge is 2.40. The number of ether oxygens (including phenoxy) is 2. The molecule has 0 radical (unpaired) electrons. The Balaban J connectivity index is 1.80. The SMILES string of the molecule is COC(=O)C1(N)CCCC(OCC2CCCC2)C1. The van der Waals surface area contributed by atoms with Crippen LogP contribution in [0.25, 0.3) is 0 Å². The Morgan fingerprint density at radius 3 is 2.67 bits per heavy atom. The Bertz CT molecular complexity index is 289. The van der Waals surface area contributed by atoms with Gasteiger partial charge in [-0.25, -0.2) is 0 Å². The lowest BCUT2D eigenvalue weighted by Gasteiger charge is -2.35. The standard InChI is InChI=1S/C14H25NO3/c1-17-13(16)14(15)8-4-7-12(9-14)18-10-11-5-2-3-6-11/h11-12H,2-10,15H2,1H3. The predicted octanol–water partition coefficient (Wildman–Crippen LogP) is 2.01. The van der Waals surface area contributed by atoms with Crippen molar-refractivity contribution in [3.8, 4) is 0 Å². The van der Waals surface area contributed by atoms with Gasteiger partial charge in [0.15, 0.2) is 0 Å². The van der Waals surface area contributed by atoms with E-state index in [1.54, 1.807) is 0 Å². The van der Waals surface area contributed by atoms with Gasteiger partial charge in [-0.05, 0) is 38.0 Å². The second-order valence-electron chi connectivity index (χ2n) is 5.85. The van der Waals surface area contributed by atoms with E-state index in [4.69, 9.17) is 15.2 Å². The Morgan fingerprint density at radius 2 is 2.00 bits per heavy atom. The number of hydrogen-bond acceptors (Lipinski definition) is 4. The summed E-state index contributed by atoms with van der Waals surface area (Å²) in [6.07, 6.45) is 8.65. The Hall–Kier alpha value is -0.610. The molecule has 0 heterocycles. The maximum absolute atomic E-state index is 11.7. The molecule has 2 fully saturated rings. The third-order valence-electron chi connectivity index (χ3n) is 4.38. The largest absolute Gasteiger partial charge is 0.468 e. The second-order valence-corrected chi connectivity index (χ2v) is 5.85. The molecule has 0 amide bonds. The van der Waals surface area contributed by atoms with Crippen molar-refractivity contribution in [3.05, 3.63) is 0 Å². The fraction of sp³-hybridized carbons (Fsp3) is 0.929.